The summed E-state index contributed by atoms with van der Waals surface area (Å²) in [5.41, 5.74) is 6.73. The summed E-state index contributed by atoms with van der Waals surface area (Å²) in [6.45, 7) is 4.16. The van der Waals surface area contributed by atoms with Crippen LogP contribution in [0.3, 0.4) is 0 Å². The maximum atomic E-state index is 13.0. The summed E-state index contributed by atoms with van der Waals surface area (Å²) in [5.74, 6) is 0.998. The molecule has 0 saturated heterocycles. The molecule has 2 N–H and O–H groups in total. The van der Waals surface area contributed by atoms with Crippen molar-refractivity contribution in [3.8, 4) is 0 Å². The van der Waals surface area contributed by atoms with Crippen LogP contribution >= 0.6 is 11.6 Å². The fraction of sp³-hybridized carbons (Fsp3) is 0.429. The van der Waals surface area contributed by atoms with Gasteiger partial charge in [-0.3, -0.25) is 0 Å². The van der Waals surface area contributed by atoms with Gasteiger partial charge in [-0.1, -0.05) is 36.7 Å². The Hall–Kier alpha value is -1.46. The predicted molar refractivity (Wildman–Crippen MR) is 74.9 cm³/mol. The van der Waals surface area contributed by atoms with Crippen molar-refractivity contribution in [3.63, 3.8) is 0 Å². The van der Waals surface area contributed by atoms with Crippen molar-refractivity contribution in [3.05, 3.63) is 46.3 Å². The number of halogens is 2. The zero-order valence-corrected chi connectivity index (χ0v) is 12.2. The summed E-state index contributed by atoms with van der Waals surface area (Å²) in [6.07, 6.45) is 1.16. The minimum Gasteiger partial charge on any atom is -0.338 e. The highest BCUT2D eigenvalue weighted by atomic mass is 35.5. The molecule has 1 aromatic carbocycles. The third kappa shape index (κ3) is 3.77. The Bertz CT molecular complexity index is 586. The second-order valence-corrected chi connectivity index (χ2v) is 5.60. The van der Waals surface area contributed by atoms with E-state index in [1.165, 1.54) is 12.1 Å². The van der Waals surface area contributed by atoms with Gasteiger partial charge in [0.2, 0.25) is 5.89 Å². The molecule has 0 bridgehead atoms. The first-order chi connectivity index (χ1) is 9.45. The van der Waals surface area contributed by atoms with Crippen LogP contribution in [0.25, 0.3) is 0 Å². The van der Waals surface area contributed by atoms with Crippen LogP contribution in [0.4, 0.5) is 4.39 Å². The zero-order chi connectivity index (χ0) is 14.7. The number of nitrogens with zero attached hydrogens (tertiary/aromatic N) is 2. The van der Waals surface area contributed by atoms with Crippen molar-refractivity contribution >= 4 is 11.6 Å². The van der Waals surface area contributed by atoms with Gasteiger partial charge in [-0.2, -0.15) is 4.98 Å². The average molecular weight is 298 g/mol. The highest BCUT2D eigenvalue weighted by Gasteiger charge is 2.16. The molecule has 2 rings (SSSR count). The Labute approximate surface area is 122 Å². The predicted octanol–water partition coefficient (Wildman–Crippen LogP) is 3.50. The van der Waals surface area contributed by atoms with E-state index in [4.69, 9.17) is 21.9 Å². The van der Waals surface area contributed by atoms with Gasteiger partial charge in [-0.05, 0) is 30.0 Å². The van der Waals surface area contributed by atoms with E-state index < -0.39 is 0 Å². The van der Waals surface area contributed by atoms with E-state index in [1.54, 1.807) is 6.07 Å². The average Bonchev–Trinajstić information content (AvgIpc) is 2.80. The first kappa shape index (κ1) is 14.9. The minimum atomic E-state index is -0.369. The molecule has 4 nitrogen and oxygen atoms in total. The van der Waals surface area contributed by atoms with Crippen LogP contribution in [0.5, 0.6) is 0 Å². The lowest BCUT2D eigenvalue weighted by atomic mass is 10.0. The molecular weight excluding hydrogens is 281 g/mol. The number of rotatable bonds is 5. The molecule has 2 aromatic rings. The Kier molecular flexibility index (Phi) is 4.73. The van der Waals surface area contributed by atoms with Gasteiger partial charge >= 0.3 is 0 Å². The van der Waals surface area contributed by atoms with Crippen LogP contribution in [0.15, 0.2) is 22.7 Å². The second-order valence-electron chi connectivity index (χ2n) is 5.20. The number of aromatic nitrogens is 2. The van der Waals surface area contributed by atoms with E-state index in [0.29, 0.717) is 29.1 Å². The SMILES string of the molecule is CC(C)C[C@@H](N)c1nc(Cc2ccc(F)cc2Cl)no1. The lowest BCUT2D eigenvalue weighted by molar-refractivity contribution is 0.333. The van der Waals surface area contributed by atoms with Gasteiger partial charge in [0.1, 0.15) is 5.82 Å². The van der Waals surface area contributed by atoms with Gasteiger partial charge in [-0.25, -0.2) is 4.39 Å². The summed E-state index contributed by atoms with van der Waals surface area (Å²) < 4.78 is 18.1. The minimum absolute atomic E-state index is 0.264. The topological polar surface area (TPSA) is 64.9 Å². The van der Waals surface area contributed by atoms with E-state index in [2.05, 4.69) is 24.0 Å². The van der Waals surface area contributed by atoms with E-state index in [-0.39, 0.29) is 11.9 Å². The van der Waals surface area contributed by atoms with Crippen molar-refractivity contribution in [2.75, 3.05) is 0 Å². The molecule has 0 spiro atoms. The molecule has 0 unspecified atom stereocenters. The van der Waals surface area contributed by atoms with Crippen molar-refractivity contribution in [2.45, 2.75) is 32.7 Å². The van der Waals surface area contributed by atoms with E-state index in [1.807, 2.05) is 0 Å². The third-order valence-electron chi connectivity index (χ3n) is 2.89. The Morgan fingerprint density at radius 3 is 2.80 bits per heavy atom. The molecule has 6 heteroatoms. The van der Waals surface area contributed by atoms with Gasteiger partial charge in [0.05, 0.1) is 6.04 Å². The van der Waals surface area contributed by atoms with Gasteiger partial charge in [0, 0.05) is 11.4 Å². The number of hydrogen-bond donors (Lipinski definition) is 1. The van der Waals surface area contributed by atoms with Crippen LogP contribution in [0.2, 0.25) is 5.02 Å². The highest BCUT2D eigenvalue weighted by Crippen LogP contribution is 2.21. The molecular formula is C14H17ClFN3O. The maximum absolute atomic E-state index is 13.0. The van der Waals surface area contributed by atoms with Crippen LogP contribution in [0, 0.1) is 11.7 Å². The largest absolute Gasteiger partial charge is 0.338 e. The lowest BCUT2D eigenvalue weighted by Gasteiger charge is -2.08. The molecule has 1 heterocycles. The normalized spacial score (nSPS) is 12.9. The van der Waals surface area contributed by atoms with Crippen LogP contribution in [0.1, 0.15) is 43.6 Å². The standard InChI is InChI=1S/C14H17ClFN3O/c1-8(2)5-12(17)14-18-13(19-20-14)6-9-3-4-10(16)7-11(9)15/h3-4,7-8,12H,5-6,17H2,1-2H3/t12-/m1/s1. The highest BCUT2D eigenvalue weighted by molar-refractivity contribution is 6.31. The first-order valence-corrected chi connectivity index (χ1v) is 6.85. The molecule has 0 radical (unpaired) electrons. The number of hydrogen-bond acceptors (Lipinski definition) is 4. The second kappa shape index (κ2) is 6.33. The van der Waals surface area contributed by atoms with Crippen molar-refractivity contribution in [1.29, 1.82) is 0 Å². The van der Waals surface area contributed by atoms with E-state index in [9.17, 15) is 4.39 Å². The van der Waals surface area contributed by atoms with Crippen molar-refractivity contribution in [2.24, 2.45) is 11.7 Å². The van der Waals surface area contributed by atoms with Crippen molar-refractivity contribution < 1.29 is 8.91 Å². The Morgan fingerprint density at radius 1 is 1.40 bits per heavy atom. The molecule has 1 atom stereocenters. The third-order valence-corrected chi connectivity index (χ3v) is 3.24. The first-order valence-electron chi connectivity index (χ1n) is 6.47. The molecule has 0 aliphatic rings. The van der Waals surface area contributed by atoms with Gasteiger partial charge in [0.25, 0.3) is 0 Å². The van der Waals surface area contributed by atoms with Gasteiger partial charge in [-0.15, -0.1) is 0 Å². The summed E-state index contributed by atoms with van der Waals surface area (Å²) >= 11 is 5.97. The zero-order valence-electron chi connectivity index (χ0n) is 11.4. The monoisotopic (exact) mass is 297 g/mol. The van der Waals surface area contributed by atoms with Crippen LogP contribution < -0.4 is 5.73 Å². The molecule has 20 heavy (non-hydrogen) atoms. The molecule has 0 amide bonds. The fourth-order valence-corrected chi connectivity index (χ4v) is 2.17. The summed E-state index contributed by atoms with van der Waals surface area (Å²) in [5, 5.41) is 4.23. The summed E-state index contributed by atoms with van der Waals surface area (Å²) in [6, 6.07) is 3.97. The van der Waals surface area contributed by atoms with Gasteiger partial charge in [0.15, 0.2) is 5.82 Å². The quantitative estimate of drug-likeness (QED) is 0.917. The molecule has 1 aromatic heterocycles. The molecule has 108 valence electrons. The molecule has 0 saturated carbocycles. The number of benzene rings is 1. The van der Waals surface area contributed by atoms with E-state index in [0.717, 1.165) is 12.0 Å². The Morgan fingerprint density at radius 2 is 2.15 bits per heavy atom. The van der Waals surface area contributed by atoms with E-state index >= 15 is 0 Å². The lowest BCUT2D eigenvalue weighted by Crippen LogP contribution is -2.13. The number of nitrogens with two attached hydrogens (primary N) is 1. The van der Waals surface area contributed by atoms with Crippen molar-refractivity contribution in [1.82, 2.24) is 10.1 Å². The fourth-order valence-electron chi connectivity index (χ4n) is 1.93. The molecule has 0 aliphatic carbocycles. The molecule has 0 aliphatic heterocycles. The van der Waals surface area contributed by atoms with Gasteiger partial charge < -0.3 is 10.3 Å². The summed E-state index contributed by atoms with van der Waals surface area (Å²) in [4.78, 5) is 4.27. The Balaban J connectivity index is 2.09. The molecule has 0 fully saturated rings. The van der Waals surface area contributed by atoms with Crippen LogP contribution in [-0.2, 0) is 6.42 Å². The summed E-state index contributed by atoms with van der Waals surface area (Å²) in [7, 11) is 0. The smallest absolute Gasteiger partial charge is 0.243 e. The van der Waals surface area contributed by atoms with Crippen LogP contribution in [-0.4, -0.2) is 10.1 Å². The maximum Gasteiger partial charge on any atom is 0.243 e.